The highest BCUT2D eigenvalue weighted by atomic mass is 35.5. The van der Waals surface area contributed by atoms with E-state index < -0.39 is 0 Å². The zero-order valence-electron chi connectivity index (χ0n) is 24.7. The summed E-state index contributed by atoms with van der Waals surface area (Å²) in [6, 6.07) is 25.0. The highest BCUT2D eigenvalue weighted by Gasteiger charge is 2.26. The molecule has 9 heteroatoms. The predicted molar refractivity (Wildman–Crippen MR) is 168 cm³/mol. The van der Waals surface area contributed by atoms with E-state index in [1.165, 1.54) is 5.56 Å². The number of carbonyl (C=O) groups is 2. The molecule has 2 amide bonds. The van der Waals surface area contributed by atoms with Gasteiger partial charge >= 0.3 is 0 Å². The normalized spacial score (nSPS) is 14.6. The highest BCUT2D eigenvalue weighted by Crippen LogP contribution is 2.30. The summed E-state index contributed by atoms with van der Waals surface area (Å²) in [5.41, 5.74) is 3.79. The third-order valence-corrected chi connectivity index (χ3v) is 7.86. The standard InChI is InChI=1S/C34H37ClN4O4/c1-3-9-33(40)39-17-8-16-37(23-25-10-5-4-6-11-25)18-19-38(24-27-14-15-28(35)21-31(27)39)34(41)30-22-32(43-36-30)26-12-7-13-29(20-26)42-2/h4-7,10-15,20-22H,3,8-9,16-19,23-24H2,1-2H3. The van der Waals surface area contributed by atoms with Gasteiger partial charge in [-0.2, -0.15) is 0 Å². The molecule has 0 aliphatic carbocycles. The maximum Gasteiger partial charge on any atom is 0.276 e. The van der Waals surface area contributed by atoms with Gasteiger partial charge in [-0.3, -0.25) is 14.5 Å². The maximum absolute atomic E-state index is 14.0. The fourth-order valence-electron chi connectivity index (χ4n) is 5.38. The van der Waals surface area contributed by atoms with Crippen LogP contribution >= 0.6 is 11.6 Å². The van der Waals surface area contributed by atoms with Crippen LogP contribution in [-0.4, -0.2) is 60.1 Å². The largest absolute Gasteiger partial charge is 0.497 e. The van der Waals surface area contributed by atoms with Crippen LogP contribution in [0.15, 0.2) is 83.4 Å². The van der Waals surface area contributed by atoms with Gasteiger partial charge in [0.25, 0.3) is 5.91 Å². The lowest BCUT2D eigenvalue weighted by atomic mass is 10.1. The van der Waals surface area contributed by atoms with Crippen molar-refractivity contribution in [1.82, 2.24) is 15.0 Å². The summed E-state index contributed by atoms with van der Waals surface area (Å²) >= 11 is 6.46. The molecule has 0 radical (unpaired) electrons. The second-order valence-electron chi connectivity index (χ2n) is 10.7. The minimum Gasteiger partial charge on any atom is -0.497 e. The van der Waals surface area contributed by atoms with E-state index in [0.717, 1.165) is 42.7 Å². The molecule has 4 aromatic rings. The third kappa shape index (κ3) is 7.63. The number of amides is 2. The van der Waals surface area contributed by atoms with Crippen molar-refractivity contribution in [2.45, 2.75) is 39.3 Å². The van der Waals surface area contributed by atoms with Crippen LogP contribution in [0.25, 0.3) is 11.3 Å². The van der Waals surface area contributed by atoms with Crippen LogP contribution < -0.4 is 9.64 Å². The van der Waals surface area contributed by atoms with E-state index in [-0.39, 0.29) is 17.5 Å². The molecule has 1 aliphatic heterocycles. The van der Waals surface area contributed by atoms with Crippen LogP contribution in [0.1, 0.15) is 47.8 Å². The van der Waals surface area contributed by atoms with Crippen LogP contribution in [0.5, 0.6) is 5.75 Å². The van der Waals surface area contributed by atoms with Crippen molar-refractivity contribution < 1.29 is 18.8 Å². The summed E-state index contributed by atoms with van der Waals surface area (Å²) in [4.78, 5) is 33.4. The van der Waals surface area contributed by atoms with Gasteiger partial charge in [-0.25, -0.2) is 0 Å². The topological polar surface area (TPSA) is 79.1 Å². The van der Waals surface area contributed by atoms with Crippen LogP contribution in [-0.2, 0) is 17.9 Å². The van der Waals surface area contributed by atoms with E-state index >= 15 is 0 Å². The first-order valence-corrected chi connectivity index (χ1v) is 15.1. The Morgan fingerprint density at radius 3 is 2.58 bits per heavy atom. The summed E-state index contributed by atoms with van der Waals surface area (Å²) < 4.78 is 10.9. The zero-order valence-corrected chi connectivity index (χ0v) is 25.4. The van der Waals surface area contributed by atoms with E-state index in [1.807, 2.05) is 72.5 Å². The van der Waals surface area contributed by atoms with Gasteiger partial charge in [0, 0.05) is 62.3 Å². The fraction of sp³-hybridized carbons (Fsp3) is 0.324. The lowest BCUT2D eigenvalue weighted by Crippen LogP contribution is -2.38. The smallest absolute Gasteiger partial charge is 0.276 e. The number of anilines is 1. The number of hydrogen-bond acceptors (Lipinski definition) is 6. The first-order valence-electron chi connectivity index (χ1n) is 14.7. The molecule has 0 saturated heterocycles. The fourth-order valence-corrected chi connectivity index (χ4v) is 5.55. The van der Waals surface area contributed by atoms with Gasteiger partial charge in [0.2, 0.25) is 5.91 Å². The Labute approximate surface area is 257 Å². The molecule has 0 fully saturated rings. The van der Waals surface area contributed by atoms with E-state index in [0.29, 0.717) is 49.1 Å². The van der Waals surface area contributed by atoms with Crippen LogP contribution in [0.3, 0.4) is 0 Å². The minimum atomic E-state index is -0.246. The molecule has 5 rings (SSSR count). The Bertz CT molecular complexity index is 1540. The van der Waals surface area contributed by atoms with Gasteiger partial charge in [-0.1, -0.05) is 72.2 Å². The molecule has 43 heavy (non-hydrogen) atoms. The number of halogens is 1. The Morgan fingerprint density at radius 2 is 1.79 bits per heavy atom. The molecule has 0 unspecified atom stereocenters. The number of hydrogen-bond donors (Lipinski definition) is 0. The van der Waals surface area contributed by atoms with Crippen LogP contribution in [0.4, 0.5) is 5.69 Å². The number of carbonyl (C=O) groups excluding carboxylic acids is 2. The lowest BCUT2D eigenvalue weighted by molar-refractivity contribution is -0.118. The van der Waals surface area contributed by atoms with Gasteiger partial charge in [-0.05, 0) is 48.2 Å². The van der Waals surface area contributed by atoms with Crippen molar-refractivity contribution >= 4 is 29.1 Å². The van der Waals surface area contributed by atoms with Crippen molar-refractivity contribution in [3.63, 3.8) is 0 Å². The summed E-state index contributed by atoms with van der Waals surface area (Å²) in [6.07, 6.45) is 1.97. The average Bonchev–Trinajstić information content (AvgIpc) is 3.51. The third-order valence-electron chi connectivity index (χ3n) is 7.63. The second-order valence-corrected chi connectivity index (χ2v) is 11.2. The van der Waals surface area contributed by atoms with E-state index in [9.17, 15) is 9.59 Å². The molecule has 0 N–H and O–H groups in total. The molecule has 8 nitrogen and oxygen atoms in total. The quantitative estimate of drug-likeness (QED) is 0.235. The van der Waals surface area contributed by atoms with Gasteiger partial charge in [-0.15, -0.1) is 0 Å². The molecular formula is C34H37ClN4O4. The number of aromatic nitrogens is 1. The predicted octanol–water partition coefficient (Wildman–Crippen LogP) is 6.69. The second kappa shape index (κ2) is 14.4. The van der Waals surface area contributed by atoms with Crippen molar-refractivity contribution in [2.75, 3.05) is 38.2 Å². The molecule has 1 aromatic heterocycles. The highest BCUT2D eigenvalue weighted by molar-refractivity contribution is 6.31. The number of nitrogens with zero attached hydrogens (tertiary/aromatic N) is 4. The molecular weight excluding hydrogens is 564 g/mol. The molecule has 224 valence electrons. The van der Waals surface area contributed by atoms with Crippen LogP contribution in [0, 0.1) is 0 Å². The van der Waals surface area contributed by atoms with Gasteiger partial charge in [0.05, 0.1) is 12.8 Å². The monoisotopic (exact) mass is 600 g/mol. The number of fused-ring (bicyclic) bond motifs is 1. The molecule has 3 aromatic carbocycles. The Balaban J connectivity index is 1.48. The van der Waals surface area contributed by atoms with E-state index in [4.69, 9.17) is 20.9 Å². The number of methoxy groups -OCH3 is 1. The van der Waals surface area contributed by atoms with Crippen molar-refractivity contribution in [1.29, 1.82) is 0 Å². The van der Waals surface area contributed by atoms with Gasteiger partial charge < -0.3 is 19.1 Å². The average molecular weight is 601 g/mol. The summed E-state index contributed by atoms with van der Waals surface area (Å²) in [7, 11) is 1.60. The summed E-state index contributed by atoms with van der Waals surface area (Å²) in [5.74, 6) is 0.973. The van der Waals surface area contributed by atoms with Gasteiger partial charge in [0.15, 0.2) is 11.5 Å². The zero-order chi connectivity index (χ0) is 30.2. The molecule has 0 spiro atoms. The number of ether oxygens (including phenoxy) is 1. The van der Waals surface area contributed by atoms with Crippen LogP contribution in [0.2, 0.25) is 5.02 Å². The SMILES string of the molecule is CCCC(=O)N1CCCN(Cc2ccccc2)CCN(C(=O)c2cc(-c3cccc(OC)c3)on2)Cc2ccc(Cl)cc21. The lowest BCUT2D eigenvalue weighted by Gasteiger charge is -2.28. The number of benzene rings is 3. The van der Waals surface area contributed by atoms with Crippen molar-refractivity contribution in [2.24, 2.45) is 0 Å². The molecule has 2 heterocycles. The van der Waals surface area contributed by atoms with Crippen molar-refractivity contribution in [3.05, 3.63) is 101 Å². The first kappa shape index (κ1) is 30.3. The Kier molecular flexibility index (Phi) is 10.1. The maximum atomic E-state index is 14.0. The Morgan fingerprint density at radius 1 is 0.953 bits per heavy atom. The van der Waals surface area contributed by atoms with Gasteiger partial charge in [0.1, 0.15) is 5.75 Å². The van der Waals surface area contributed by atoms with Crippen molar-refractivity contribution in [3.8, 4) is 17.1 Å². The molecule has 0 atom stereocenters. The molecule has 1 aliphatic rings. The first-order chi connectivity index (χ1) is 20.9. The van der Waals surface area contributed by atoms with E-state index in [2.05, 4.69) is 22.2 Å². The number of rotatable bonds is 7. The molecule has 0 saturated carbocycles. The minimum absolute atomic E-state index is 0.0529. The molecule has 0 bridgehead atoms. The summed E-state index contributed by atoms with van der Waals surface area (Å²) in [6.45, 7) is 5.51. The van der Waals surface area contributed by atoms with E-state index in [1.54, 1.807) is 18.1 Å². The Hall–Kier alpha value is -4.14. The summed E-state index contributed by atoms with van der Waals surface area (Å²) in [5, 5.41) is 4.70.